The lowest BCUT2D eigenvalue weighted by Crippen LogP contribution is -2.53. The number of aryl methyl sites for hydroxylation is 2. The van der Waals surface area contributed by atoms with Crippen LogP contribution in [0.4, 0.5) is 0 Å². The number of hydrogen-bond acceptors (Lipinski definition) is 4. The molecule has 0 atom stereocenters. The number of nitrogens with one attached hydrogen (secondary N) is 1. The molecule has 98 valence electrons. The van der Waals surface area contributed by atoms with E-state index in [1.807, 2.05) is 6.07 Å². The molecule has 1 heterocycles. The highest BCUT2D eigenvalue weighted by atomic mass is 32.1. The van der Waals surface area contributed by atoms with Gasteiger partial charge in [0, 0.05) is 4.88 Å². The van der Waals surface area contributed by atoms with E-state index in [9.17, 15) is 4.79 Å². The summed E-state index contributed by atoms with van der Waals surface area (Å²) in [4.78, 5) is 14.1. The number of nitrogens with zero attached hydrogens (tertiary/aromatic N) is 1. The van der Waals surface area contributed by atoms with Crippen molar-refractivity contribution in [2.24, 2.45) is 10.9 Å². The highest BCUT2D eigenvalue weighted by Gasteiger charge is 2.27. The van der Waals surface area contributed by atoms with Gasteiger partial charge in [-0.25, -0.2) is 0 Å². The van der Waals surface area contributed by atoms with E-state index in [0.29, 0.717) is 4.88 Å². The fraction of sp³-hybridized carbons (Fsp3) is 0.500. The molecule has 1 aromatic rings. The summed E-state index contributed by atoms with van der Waals surface area (Å²) in [6.07, 6.45) is 3.30. The van der Waals surface area contributed by atoms with Gasteiger partial charge in [-0.1, -0.05) is 5.16 Å². The Labute approximate surface area is 110 Å². The van der Waals surface area contributed by atoms with Crippen LogP contribution in [0, 0.1) is 0 Å². The van der Waals surface area contributed by atoms with Crippen molar-refractivity contribution in [3.05, 3.63) is 21.4 Å². The number of carbonyl (C=O) groups excluding carboxylic acids is 1. The van der Waals surface area contributed by atoms with Crippen LogP contribution in [0.3, 0.4) is 0 Å². The molecule has 0 radical (unpaired) electrons. The number of fused-ring (bicyclic) bond motifs is 1. The van der Waals surface area contributed by atoms with Crippen LogP contribution in [0.25, 0.3) is 0 Å². The van der Waals surface area contributed by atoms with Crippen LogP contribution in [-0.4, -0.2) is 22.5 Å². The van der Waals surface area contributed by atoms with Gasteiger partial charge in [0.05, 0.1) is 10.4 Å². The number of oxime groups is 1. The monoisotopic (exact) mass is 267 g/mol. The minimum atomic E-state index is -0.861. The fourth-order valence-electron chi connectivity index (χ4n) is 1.98. The van der Waals surface area contributed by atoms with Gasteiger partial charge in [0.15, 0.2) is 5.84 Å². The third-order valence-corrected chi connectivity index (χ3v) is 4.38. The first-order chi connectivity index (χ1) is 8.44. The van der Waals surface area contributed by atoms with E-state index in [0.717, 1.165) is 12.8 Å². The molecule has 2 rings (SSSR count). The van der Waals surface area contributed by atoms with Crippen molar-refractivity contribution in [2.75, 3.05) is 0 Å². The molecule has 0 spiro atoms. The second kappa shape index (κ2) is 4.61. The molecule has 0 aromatic carbocycles. The lowest BCUT2D eigenvalue weighted by atomic mass is 10.0. The maximum absolute atomic E-state index is 12.1. The normalized spacial score (nSPS) is 15.6. The Morgan fingerprint density at radius 3 is 2.89 bits per heavy atom. The molecule has 4 N–H and O–H groups in total. The predicted octanol–water partition coefficient (Wildman–Crippen LogP) is 1.49. The molecule has 5 nitrogen and oxygen atoms in total. The number of thiophene rings is 1. The Hall–Kier alpha value is -1.56. The van der Waals surface area contributed by atoms with Crippen molar-refractivity contribution >= 4 is 23.1 Å². The van der Waals surface area contributed by atoms with Crippen LogP contribution in [-0.2, 0) is 12.8 Å². The molecule has 6 heteroatoms. The smallest absolute Gasteiger partial charge is 0.262 e. The zero-order valence-corrected chi connectivity index (χ0v) is 11.3. The Morgan fingerprint density at radius 2 is 2.28 bits per heavy atom. The molecular weight excluding hydrogens is 250 g/mol. The van der Waals surface area contributed by atoms with E-state index in [2.05, 4.69) is 10.5 Å². The second-order valence-corrected chi connectivity index (χ2v) is 6.11. The van der Waals surface area contributed by atoms with Crippen LogP contribution in [0.1, 0.15) is 40.4 Å². The SMILES string of the molecule is CC(C)(NC(=O)c1cc2c(s1)CCC2)/C(N)=N/O. The Morgan fingerprint density at radius 1 is 1.56 bits per heavy atom. The van der Waals surface area contributed by atoms with Gasteiger partial charge in [0.1, 0.15) is 0 Å². The quantitative estimate of drug-likeness (QED) is 0.335. The zero-order valence-electron chi connectivity index (χ0n) is 10.5. The Kier molecular flexibility index (Phi) is 3.30. The minimum absolute atomic E-state index is 0.0139. The first-order valence-corrected chi connectivity index (χ1v) is 6.68. The van der Waals surface area contributed by atoms with Gasteiger partial charge in [0.2, 0.25) is 0 Å². The van der Waals surface area contributed by atoms with Gasteiger partial charge >= 0.3 is 0 Å². The molecule has 0 bridgehead atoms. The molecule has 1 aliphatic carbocycles. The molecule has 18 heavy (non-hydrogen) atoms. The lowest BCUT2D eigenvalue weighted by Gasteiger charge is -2.24. The third-order valence-electron chi connectivity index (χ3n) is 3.14. The van der Waals surface area contributed by atoms with Crippen LogP contribution in [0.5, 0.6) is 0 Å². The summed E-state index contributed by atoms with van der Waals surface area (Å²) in [7, 11) is 0. The van der Waals surface area contributed by atoms with Crippen molar-refractivity contribution < 1.29 is 10.0 Å². The summed E-state index contributed by atoms with van der Waals surface area (Å²) in [6, 6.07) is 1.95. The maximum atomic E-state index is 12.1. The molecule has 0 fully saturated rings. The standard InChI is InChI=1S/C12H17N3O2S/c1-12(2,11(13)15-17)14-10(16)9-6-7-4-3-5-8(7)18-9/h6,17H,3-5H2,1-2H3,(H2,13,15)(H,14,16). The van der Waals surface area contributed by atoms with E-state index in [1.165, 1.54) is 28.2 Å². The van der Waals surface area contributed by atoms with Crippen molar-refractivity contribution in [1.82, 2.24) is 5.32 Å². The average Bonchev–Trinajstić information content (AvgIpc) is 2.86. The lowest BCUT2D eigenvalue weighted by molar-refractivity contribution is 0.0935. The highest BCUT2D eigenvalue weighted by molar-refractivity contribution is 7.14. The van der Waals surface area contributed by atoms with Crippen LogP contribution in [0.15, 0.2) is 11.2 Å². The molecule has 1 aromatic heterocycles. The molecular formula is C12H17N3O2S. The van der Waals surface area contributed by atoms with Gasteiger partial charge in [-0.3, -0.25) is 4.79 Å². The van der Waals surface area contributed by atoms with Gasteiger partial charge in [-0.2, -0.15) is 0 Å². The highest BCUT2D eigenvalue weighted by Crippen LogP contribution is 2.30. The number of amidine groups is 1. The first-order valence-electron chi connectivity index (χ1n) is 5.86. The van der Waals surface area contributed by atoms with E-state index in [-0.39, 0.29) is 11.7 Å². The summed E-state index contributed by atoms with van der Waals surface area (Å²) in [5.74, 6) is -0.189. The molecule has 0 unspecified atom stereocenters. The average molecular weight is 267 g/mol. The topological polar surface area (TPSA) is 87.7 Å². The van der Waals surface area contributed by atoms with Gasteiger partial charge < -0.3 is 16.3 Å². The summed E-state index contributed by atoms with van der Waals surface area (Å²) < 4.78 is 0. The van der Waals surface area contributed by atoms with E-state index in [4.69, 9.17) is 10.9 Å². The molecule has 0 aliphatic heterocycles. The molecule has 1 amide bonds. The summed E-state index contributed by atoms with van der Waals surface area (Å²) >= 11 is 1.53. The van der Waals surface area contributed by atoms with E-state index < -0.39 is 5.54 Å². The minimum Gasteiger partial charge on any atom is -0.409 e. The van der Waals surface area contributed by atoms with Crippen molar-refractivity contribution in [3.63, 3.8) is 0 Å². The van der Waals surface area contributed by atoms with Gasteiger partial charge in [0.25, 0.3) is 5.91 Å². The van der Waals surface area contributed by atoms with Crippen molar-refractivity contribution in [1.29, 1.82) is 0 Å². The number of rotatable bonds is 3. The van der Waals surface area contributed by atoms with Crippen LogP contribution in [0.2, 0.25) is 0 Å². The number of nitrogens with two attached hydrogens (primary N) is 1. The van der Waals surface area contributed by atoms with Crippen molar-refractivity contribution in [3.8, 4) is 0 Å². The summed E-state index contributed by atoms with van der Waals surface area (Å²) in [5, 5.41) is 14.4. The van der Waals surface area contributed by atoms with Gasteiger partial charge in [-0.05, 0) is 44.7 Å². The number of amides is 1. The second-order valence-electron chi connectivity index (χ2n) is 4.98. The zero-order chi connectivity index (χ0) is 13.3. The first kappa shape index (κ1) is 12.9. The Bertz CT molecular complexity index is 484. The molecule has 0 saturated carbocycles. The predicted molar refractivity (Wildman–Crippen MR) is 71.3 cm³/mol. The van der Waals surface area contributed by atoms with Crippen LogP contribution < -0.4 is 11.1 Å². The molecule has 1 aliphatic rings. The maximum Gasteiger partial charge on any atom is 0.262 e. The van der Waals surface area contributed by atoms with Crippen LogP contribution >= 0.6 is 11.3 Å². The van der Waals surface area contributed by atoms with Gasteiger partial charge in [-0.15, -0.1) is 11.3 Å². The Balaban J connectivity index is 2.12. The third kappa shape index (κ3) is 2.33. The molecule has 0 saturated heterocycles. The number of hydrogen-bond donors (Lipinski definition) is 3. The number of carbonyl (C=O) groups is 1. The van der Waals surface area contributed by atoms with Crippen molar-refractivity contribution in [2.45, 2.75) is 38.6 Å². The largest absolute Gasteiger partial charge is 0.409 e. The summed E-state index contributed by atoms with van der Waals surface area (Å²) in [6.45, 7) is 3.39. The van der Waals surface area contributed by atoms with E-state index in [1.54, 1.807) is 13.8 Å². The summed E-state index contributed by atoms with van der Waals surface area (Å²) in [5.41, 5.74) is 5.96. The van der Waals surface area contributed by atoms with E-state index >= 15 is 0 Å². The fourth-order valence-corrected chi connectivity index (χ4v) is 3.12.